The van der Waals surface area contributed by atoms with Crippen molar-refractivity contribution in [1.82, 2.24) is 0 Å². The molecule has 0 amide bonds. The number of hydrogen-bond acceptors (Lipinski definition) is 6. The van der Waals surface area contributed by atoms with Gasteiger partial charge in [-0.2, -0.15) is 14.3 Å². The normalized spacial score (nSPS) is 11.1. The summed E-state index contributed by atoms with van der Waals surface area (Å²) in [5.41, 5.74) is -0.752. The molecule has 1 aromatic carbocycles. The van der Waals surface area contributed by atoms with E-state index in [1.165, 1.54) is 0 Å². The van der Waals surface area contributed by atoms with E-state index < -0.39 is 25.6 Å². The number of hydrogen-bond donors (Lipinski definition) is 2. The molecule has 15 heavy (non-hydrogen) atoms. The lowest BCUT2D eigenvalue weighted by Crippen LogP contribution is -2.06. The quantitative estimate of drug-likeness (QED) is 0.430. The molecule has 0 saturated heterocycles. The van der Waals surface area contributed by atoms with Crippen LogP contribution in [0, 0.1) is 10.1 Å². The molecule has 9 heteroatoms. The Labute approximate surface area is 84.1 Å². The van der Waals surface area contributed by atoms with Crippen LogP contribution in [0.25, 0.3) is 0 Å². The van der Waals surface area contributed by atoms with E-state index in [4.69, 9.17) is 10.4 Å². The molecule has 1 rings (SSSR count). The molecule has 0 aliphatic rings. The monoisotopic (exact) mass is 234 g/mol. The van der Waals surface area contributed by atoms with E-state index in [0.29, 0.717) is 0 Å². The van der Waals surface area contributed by atoms with Crippen molar-refractivity contribution in [3.8, 4) is 5.75 Å². The third kappa shape index (κ3) is 2.40. The molecule has 0 fully saturated rings. The van der Waals surface area contributed by atoms with Crippen molar-refractivity contribution in [1.29, 1.82) is 0 Å². The lowest BCUT2D eigenvalue weighted by Gasteiger charge is -2.02. The molecule has 0 bridgehead atoms. The molecule has 1 aromatic rings. The molecule has 0 aliphatic heterocycles. The van der Waals surface area contributed by atoms with Gasteiger partial charge in [0, 0.05) is 12.1 Å². The lowest BCUT2D eigenvalue weighted by atomic mass is 10.3. The zero-order valence-electron chi connectivity index (χ0n) is 7.15. The van der Waals surface area contributed by atoms with Gasteiger partial charge in [0.25, 0.3) is 5.69 Å². The predicted octanol–water partition coefficient (Wildman–Crippen LogP) is 0.0940. The van der Waals surface area contributed by atoms with Gasteiger partial charge < -0.3 is 4.84 Å². The lowest BCUT2D eigenvalue weighted by molar-refractivity contribution is -0.387. The predicted molar refractivity (Wildman–Crippen MR) is 47.7 cm³/mol. The van der Waals surface area contributed by atoms with Crippen LogP contribution in [-0.4, -0.2) is 17.9 Å². The van der Waals surface area contributed by atoms with Crippen LogP contribution in [0.2, 0.25) is 0 Å². The Hall–Kier alpha value is -1.71. The van der Waals surface area contributed by atoms with Crippen LogP contribution in [0.3, 0.4) is 0 Å². The highest BCUT2D eigenvalue weighted by Crippen LogP contribution is 2.27. The topological polar surface area (TPSA) is 133 Å². The zero-order chi connectivity index (χ0) is 11.6. The maximum Gasteiger partial charge on any atom is 0.301 e. The Balaban J connectivity index is 3.50. The van der Waals surface area contributed by atoms with Crippen molar-refractivity contribution in [2.45, 2.75) is 4.90 Å². The van der Waals surface area contributed by atoms with Crippen molar-refractivity contribution in [3.05, 3.63) is 28.3 Å². The van der Waals surface area contributed by atoms with E-state index in [9.17, 15) is 18.5 Å². The number of nitro groups is 1. The molecular formula is C6H6N2O6S. The van der Waals surface area contributed by atoms with Gasteiger partial charge in [0.15, 0.2) is 4.90 Å². The van der Waals surface area contributed by atoms with Gasteiger partial charge in [-0.05, 0) is 6.07 Å². The molecule has 0 radical (unpaired) electrons. The van der Waals surface area contributed by atoms with Crippen LogP contribution in [0.15, 0.2) is 23.1 Å². The minimum atomic E-state index is -4.69. The van der Waals surface area contributed by atoms with E-state index >= 15 is 0 Å². The number of benzene rings is 1. The van der Waals surface area contributed by atoms with Gasteiger partial charge in [-0.25, -0.2) is 0 Å². The molecule has 0 aliphatic carbocycles. The third-order valence-electron chi connectivity index (χ3n) is 1.54. The van der Waals surface area contributed by atoms with Crippen molar-refractivity contribution in [3.63, 3.8) is 0 Å². The van der Waals surface area contributed by atoms with Gasteiger partial charge in [-0.3, -0.25) is 14.7 Å². The largest absolute Gasteiger partial charge is 0.411 e. The highest BCUT2D eigenvalue weighted by molar-refractivity contribution is 7.86. The summed E-state index contributed by atoms with van der Waals surface area (Å²) >= 11 is 0. The molecule has 0 heterocycles. The summed E-state index contributed by atoms with van der Waals surface area (Å²) in [6.07, 6.45) is 0. The van der Waals surface area contributed by atoms with Gasteiger partial charge >= 0.3 is 10.1 Å². The van der Waals surface area contributed by atoms with E-state index in [1.54, 1.807) is 0 Å². The van der Waals surface area contributed by atoms with Crippen LogP contribution < -0.4 is 10.7 Å². The first-order chi connectivity index (χ1) is 6.86. The summed E-state index contributed by atoms with van der Waals surface area (Å²) in [6, 6.07) is 2.73. The Morgan fingerprint density at radius 2 is 2.07 bits per heavy atom. The second kappa shape index (κ2) is 3.81. The smallest absolute Gasteiger partial charge is 0.301 e. The van der Waals surface area contributed by atoms with Gasteiger partial charge in [0.2, 0.25) is 0 Å². The van der Waals surface area contributed by atoms with Crippen LogP contribution in [0.1, 0.15) is 0 Å². The fraction of sp³-hybridized carbons (Fsp3) is 0. The number of rotatable bonds is 3. The van der Waals surface area contributed by atoms with Gasteiger partial charge in [0.05, 0.1) is 4.92 Å². The fourth-order valence-corrected chi connectivity index (χ4v) is 1.60. The summed E-state index contributed by atoms with van der Waals surface area (Å²) in [5.74, 6) is 4.62. The molecule has 0 spiro atoms. The standard InChI is InChI=1S/C6H6N2O6S/c7-14-4-1-2-5(8(9)10)6(3-4)15(11,12)13/h1-3H,7H2,(H,11,12,13). The van der Waals surface area contributed by atoms with Crippen LogP contribution in [-0.2, 0) is 10.1 Å². The third-order valence-corrected chi connectivity index (χ3v) is 2.42. The number of nitro benzene ring substituents is 1. The minimum Gasteiger partial charge on any atom is -0.411 e. The average molecular weight is 234 g/mol. The highest BCUT2D eigenvalue weighted by atomic mass is 32.2. The summed E-state index contributed by atoms with van der Waals surface area (Å²) in [7, 11) is -4.69. The van der Waals surface area contributed by atoms with E-state index in [0.717, 1.165) is 18.2 Å². The summed E-state index contributed by atoms with van der Waals surface area (Å²) in [6.45, 7) is 0. The highest BCUT2D eigenvalue weighted by Gasteiger charge is 2.24. The van der Waals surface area contributed by atoms with Gasteiger partial charge in [-0.15, -0.1) is 0 Å². The van der Waals surface area contributed by atoms with Gasteiger partial charge in [0.1, 0.15) is 5.75 Å². The first kappa shape index (κ1) is 11.4. The van der Waals surface area contributed by atoms with Crippen molar-refractivity contribution >= 4 is 15.8 Å². The number of nitrogens with two attached hydrogens (primary N) is 1. The minimum absolute atomic E-state index is 0.117. The fourth-order valence-electron chi connectivity index (χ4n) is 0.925. The molecular weight excluding hydrogens is 228 g/mol. The van der Waals surface area contributed by atoms with E-state index in [2.05, 4.69) is 4.84 Å². The second-order valence-corrected chi connectivity index (χ2v) is 3.87. The van der Waals surface area contributed by atoms with E-state index in [-0.39, 0.29) is 5.75 Å². The Morgan fingerprint density at radius 1 is 1.47 bits per heavy atom. The van der Waals surface area contributed by atoms with E-state index in [1.807, 2.05) is 0 Å². The van der Waals surface area contributed by atoms with Crippen LogP contribution >= 0.6 is 0 Å². The van der Waals surface area contributed by atoms with Crippen LogP contribution in [0.4, 0.5) is 5.69 Å². The molecule has 82 valence electrons. The molecule has 0 atom stereocenters. The Morgan fingerprint density at radius 3 is 2.47 bits per heavy atom. The van der Waals surface area contributed by atoms with Crippen molar-refractivity contribution in [2.75, 3.05) is 0 Å². The molecule has 0 unspecified atom stereocenters. The summed E-state index contributed by atoms with van der Waals surface area (Å²) < 4.78 is 30.3. The Kier molecular flexibility index (Phi) is 2.88. The maximum atomic E-state index is 10.8. The first-order valence-corrected chi connectivity index (χ1v) is 4.93. The summed E-state index contributed by atoms with van der Waals surface area (Å²) in [5, 5.41) is 10.4. The Bertz CT molecular complexity index is 496. The number of nitrogens with zero attached hydrogens (tertiary/aromatic N) is 1. The molecule has 8 nitrogen and oxygen atoms in total. The van der Waals surface area contributed by atoms with Crippen molar-refractivity contribution < 1.29 is 22.7 Å². The molecule has 0 saturated carbocycles. The first-order valence-electron chi connectivity index (χ1n) is 3.49. The SMILES string of the molecule is NOc1ccc([N+](=O)[O-])c(S(=O)(=O)O)c1. The molecule has 3 N–H and O–H groups in total. The maximum absolute atomic E-state index is 10.8. The average Bonchev–Trinajstić information content (AvgIpc) is 2.15. The zero-order valence-corrected chi connectivity index (χ0v) is 7.97. The van der Waals surface area contributed by atoms with Crippen LogP contribution in [0.5, 0.6) is 5.75 Å². The summed E-state index contributed by atoms with van der Waals surface area (Å²) in [4.78, 5) is 12.8. The second-order valence-electron chi connectivity index (χ2n) is 2.48. The van der Waals surface area contributed by atoms with Gasteiger partial charge in [-0.1, -0.05) is 0 Å². The molecule has 0 aromatic heterocycles. The van der Waals surface area contributed by atoms with Crippen molar-refractivity contribution in [2.24, 2.45) is 5.90 Å².